The summed E-state index contributed by atoms with van der Waals surface area (Å²) in [5.74, 6) is 2.61. The van der Waals surface area contributed by atoms with E-state index in [-0.39, 0.29) is 5.95 Å². The Morgan fingerprint density at radius 3 is 3.00 bits per heavy atom. The van der Waals surface area contributed by atoms with Gasteiger partial charge in [0.15, 0.2) is 16.7 Å². The number of nitrogens with zero attached hydrogens (tertiary/aromatic N) is 3. The van der Waals surface area contributed by atoms with Crippen LogP contribution >= 0.6 is 35.4 Å². The van der Waals surface area contributed by atoms with E-state index in [0.29, 0.717) is 15.8 Å². The van der Waals surface area contributed by atoms with E-state index in [2.05, 4.69) is 26.3 Å². The molecule has 1 aliphatic rings. The fourth-order valence-electron chi connectivity index (χ4n) is 2.49. The van der Waals surface area contributed by atoms with Crippen molar-refractivity contribution in [2.24, 2.45) is 0 Å². The maximum Gasteiger partial charge on any atom is 0.200 e. The maximum atomic E-state index is 10.3. The van der Waals surface area contributed by atoms with E-state index in [0.717, 1.165) is 0 Å². The molecule has 0 saturated carbocycles. The smallest absolute Gasteiger partial charge is 0.200 e. The van der Waals surface area contributed by atoms with Crippen LogP contribution in [0.1, 0.15) is 6.23 Å². The predicted molar refractivity (Wildman–Crippen MR) is 86.3 cm³/mol. The molecule has 2 aromatic rings. The number of anilines is 1. The van der Waals surface area contributed by atoms with Gasteiger partial charge in [0.2, 0.25) is 5.95 Å². The largest absolute Gasteiger partial charge is 0.394 e. The SMILES string of the molecule is Nc1nc2c(ncn2[C@@H]2O[C@H](CO)C(O)C2(Cl)C#CCl)c(=S)[nH]1. The monoisotopic (exact) mass is 375 g/mol. The minimum absolute atomic E-state index is 0.0881. The highest BCUT2D eigenvalue weighted by atomic mass is 35.5. The molecule has 3 heterocycles. The molecular formula is C12H11Cl2N5O3S. The second kappa shape index (κ2) is 5.90. The third-order valence-corrected chi connectivity index (χ3v) is 4.46. The number of H-pyrrole nitrogens is 1. The molecule has 0 bridgehead atoms. The summed E-state index contributed by atoms with van der Waals surface area (Å²) in [4.78, 5) is 9.37. The number of imidazole rings is 1. The van der Waals surface area contributed by atoms with Crippen molar-refractivity contribution < 1.29 is 14.9 Å². The zero-order chi connectivity index (χ0) is 16.8. The molecule has 0 radical (unpaired) electrons. The quantitative estimate of drug-likeness (QED) is 0.342. The van der Waals surface area contributed by atoms with Gasteiger partial charge in [0, 0.05) is 5.38 Å². The van der Waals surface area contributed by atoms with Crippen molar-refractivity contribution in [2.45, 2.75) is 23.3 Å². The Labute approximate surface area is 145 Å². The van der Waals surface area contributed by atoms with Gasteiger partial charge in [0.05, 0.1) is 12.9 Å². The van der Waals surface area contributed by atoms with Gasteiger partial charge in [-0.2, -0.15) is 4.98 Å². The third kappa shape index (κ3) is 2.48. The minimum atomic E-state index is -1.60. The Balaban J connectivity index is 2.20. The number of nitrogens with two attached hydrogens (primary N) is 1. The number of rotatable bonds is 2. The number of nitrogens with one attached hydrogen (secondary N) is 1. The zero-order valence-electron chi connectivity index (χ0n) is 11.4. The van der Waals surface area contributed by atoms with Crippen LogP contribution in [0.25, 0.3) is 11.2 Å². The Morgan fingerprint density at radius 2 is 2.35 bits per heavy atom. The lowest BCUT2D eigenvalue weighted by Crippen LogP contribution is -2.41. The molecule has 1 fully saturated rings. The number of alkyl halides is 1. The average Bonchev–Trinajstić information content (AvgIpc) is 3.01. The Kier molecular flexibility index (Phi) is 4.22. The number of halogens is 2. The fourth-order valence-corrected chi connectivity index (χ4v) is 3.29. The van der Waals surface area contributed by atoms with E-state index >= 15 is 0 Å². The van der Waals surface area contributed by atoms with Crippen LogP contribution < -0.4 is 5.73 Å². The van der Waals surface area contributed by atoms with Crippen LogP contribution in [-0.2, 0) is 4.74 Å². The number of ether oxygens (including phenoxy) is 1. The van der Waals surface area contributed by atoms with Crippen LogP contribution in [0.15, 0.2) is 6.33 Å². The van der Waals surface area contributed by atoms with Crippen LogP contribution in [-0.4, -0.2) is 53.4 Å². The summed E-state index contributed by atoms with van der Waals surface area (Å²) in [5, 5.41) is 21.8. The first-order chi connectivity index (χ1) is 10.9. The van der Waals surface area contributed by atoms with Crippen molar-refractivity contribution in [3.8, 4) is 11.3 Å². The van der Waals surface area contributed by atoms with E-state index < -0.39 is 29.9 Å². The Hall–Kier alpha value is -1.41. The molecule has 2 aromatic heterocycles. The van der Waals surface area contributed by atoms with Crippen LogP contribution in [0.3, 0.4) is 0 Å². The molecule has 8 nitrogen and oxygen atoms in total. The van der Waals surface area contributed by atoms with Crippen LogP contribution in [0.2, 0.25) is 0 Å². The maximum absolute atomic E-state index is 10.3. The first kappa shape index (κ1) is 16.4. The normalized spacial score (nSPS) is 30.3. The Morgan fingerprint density at radius 1 is 1.61 bits per heavy atom. The predicted octanol–water partition coefficient (Wildman–Crippen LogP) is 0.499. The Bertz CT molecular complexity index is 875. The van der Waals surface area contributed by atoms with Crippen LogP contribution in [0, 0.1) is 15.9 Å². The number of hydrogen-bond acceptors (Lipinski definition) is 7. The molecule has 3 rings (SSSR count). The highest BCUT2D eigenvalue weighted by Gasteiger charge is 2.56. The first-order valence-electron chi connectivity index (χ1n) is 6.40. The van der Waals surface area contributed by atoms with E-state index in [4.69, 9.17) is 45.9 Å². The number of nitrogen functional groups attached to an aromatic ring is 1. The molecular weight excluding hydrogens is 365 g/mol. The van der Waals surface area contributed by atoms with Gasteiger partial charge in [-0.05, 0) is 11.6 Å². The van der Waals surface area contributed by atoms with E-state index in [1.54, 1.807) is 0 Å². The van der Waals surface area contributed by atoms with E-state index in [9.17, 15) is 10.2 Å². The van der Waals surface area contributed by atoms with Gasteiger partial charge in [-0.15, -0.1) is 0 Å². The van der Waals surface area contributed by atoms with Gasteiger partial charge < -0.3 is 25.7 Å². The molecule has 122 valence electrons. The van der Waals surface area contributed by atoms with Crippen molar-refractivity contribution in [3.05, 3.63) is 11.0 Å². The molecule has 23 heavy (non-hydrogen) atoms. The number of aromatic nitrogens is 4. The number of aromatic amines is 1. The summed E-state index contributed by atoms with van der Waals surface area (Å²) in [6.45, 7) is -0.446. The first-order valence-corrected chi connectivity index (χ1v) is 7.57. The molecule has 5 N–H and O–H groups in total. The summed E-state index contributed by atoms with van der Waals surface area (Å²) in [5.41, 5.74) is 6.37. The lowest BCUT2D eigenvalue weighted by atomic mass is 9.99. The zero-order valence-corrected chi connectivity index (χ0v) is 13.7. The van der Waals surface area contributed by atoms with Gasteiger partial charge in [0.25, 0.3) is 0 Å². The second-order valence-electron chi connectivity index (χ2n) is 4.92. The molecule has 4 atom stereocenters. The van der Waals surface area contributed by atoms with Gasteiger partial charge in [-0.1, -0.05) is 29.7 Å². The summed E-state index contributed by atoms with van der Waals surface area (Å²) in [7, 11) is 0. The van der Waals surface area contributed by atoms with Crippen molar-refractivity contribution in [3.63, 3.8) is 0 Å². The van der Waals surface area contributed by atoms with Crippen molar-refractivity contribution in [2.75, 3.05) is 12.3 Å². The van der Waals surface area contributed by atoms with Gasteiger partial charge in [0.1, 0.15) is 22.4 Å². The molecule has 0 aliphatic carbocycles. The second-order valence-corrected chi connectivity index (χ2v) is 6.14. The summed E-state index contributed by atoms with van der Waals surface area (Å²) < 4.78 is 7.37. The number of aliphatic hydroxyl groups excluding tert-OH is 2. The van der Waals surface area contributed by atoms with Crippen LogP contribution in [0.5, 0.6) is 0 Å². The molecule has 0 amide bonds. The number of hydrogen-bond donors (Lipinski definition) is 4. The van der Waals surface area contributed by atoms with Crippen molar-refractivity contribution >= 4 is 52.5 Å². The van der Waals surface area contributed by atoms with E-state index in [1.165, 1.54) is 10.9 Å². The van der Waals surface area contributed by atoms with Gasteiger partial charge in [-0.3, -0.25) is 4.57 Å². The van der Waals surface area contributed by atoms with E-state index in [1.807, 2.05) is 0 Å². The van der Waals surface area contributed by atoms with Crippen molar-refractivity contribution in [1.82, 2.24) is 19.5 Å². The molecule has 2 unspecified atom stereocenters. The van der Waals surface area contributed by atoms with Crippen LogP contribution in [0.4, 0.5) is 5.95 Å². The molecule has 0 aromatic carbocycles. The number of aliphatic hydroxyl groups is 2. The highest BCUT2D eigenvalue weighted by Crippen LogP contribution is 2.44. The molecule has 11 heteroatoms. The molecule has 0 spiro atoms. The minimum Gasteiger partial charge on any atom is -0.394 e. The van der Waals surface area contributed by atoms with Gasteiger partial charge >= 0.3 is 0 Å². The number of fused-ring (bicyclic) bond motifs is 1. The average molecular weight is 376 g/mol. The standard InChI is InChI=1S/C12H11Cl2N5O3S/c13-2-1-12(14)7(21)5(3-20)22-10(12)19-4-16-6-8(19)17-11(15)18-9(6)23/h4-5,7,10,20-21H,3H2,(H3,15,17,18,23)/t5-,7?,10-,12?/m1/s1. The van der Waals surface area contributed by atoms with Gasteiger partial charge in [-0.25, -0.2) is 4.98 Å². The fraction of sp³-hybridized carbons (Fsp3) is 0.417. The highest BCUT2D eigenvalue weighted by molar-refractivity contribution is 7.71. The summed E-state index contributed by atoms with van der Waals surface area (Å²) in [6, 6.07) is 0. The lowest BCUT2D eigenvalue weighted by Gasteiger charge is -2.25. The topological polar surface area (TPSA) is 122 Å². The third-order valence-electron chi connectivity index (χ3n) is 3.57. The lowest BCUT2D eigenvalue weighted by molar-refractivity contribution is -0.0436. The summed E-state index contributed by atoms with van der Waals surface area (Å²) >= 11 is 17.1. The summed E-state index contributed by atoms with van der Waals surface area (Å²) in [6.07, 6.45) is -1.83. The van der Waals surface area contributed by atoms with Crippen molar-refractivity contribution in [1.29, 1.82) is 0 Å². The molecule has 1 saturated heterocycles. The molecule has 1 aliphatic heterocycles.